The van der Waals surface area contributed by atoms with Gasteiger partial charge < -0.3 is 24.5 Å². The molecule has 45 heavy (non-hydrogen) atoms. The number of rotatable bonds is 10. The van der Waals surface area contributed by atoms with Crippen molar-refractivity contribution in [1.82, 2.24) is 4.90 Å². The zero-order valence-electron chi connectivity index (χ0n) is 28.3. The van der Waals surface area contributed by atoms with Crippen molar-refractivity contribution in [2.75, 3.05) is 13.2 Å². The van der Waals surface area contributed by atoms with Gasteiger partial charge in [-0.3, -0.25) is 4.90 Å². The molecule has 10 nitrogen and oxygen atoms in total. The van der Waals surface area contributed by atoms with Crippen LogP contribution >= 0.6 is 0 Å². The number of amidine groups is 1. The zero-order valence-corrected chi connectivity index (χ0v) is 29.3. The predicted octanol–water partition coefficient (Wildman–Crippen LogP) is 7.07. The number of oxime groups is 1. The number of hydrogen-bond donors (Lipinski definition) is 1. The molecule has 0 aliphatic heterocycles. The Bertz CT molecular complexity index is 1470. The maximum Gasteiger partial charge on any atom is 0.410 e. The molecular weight excluding hydrogens is 588 g/mol. The summed E-state index contributed by atoms with van der Waals surface area (Å²) >= 11 is 0. The fourth-order valence-electron chi connectivity index (χ4n) is 4.80. The van der Waals surface area contributed by atoms with Gasteiger partial charge in [0.1, 0.15) is 17.4 Å². The third-order valence-electron chi connectivity index (χ3n) is 8.05. The van der Waals surface area contributed by atoms with E-state index in [2.05, 4.69) is 39.0 Å². The van der Waals surface area contributed by atoms with Crippen LogP contribution in [0.5, 0.6) is 5.75 Å². The zero-order chi connectivity index (χ0) is 33.7. The molecule has 1 amide bonds. The minimum Gasteiger partial charge on any atom is -0.490 e. The van der Waals surface area contributed by atoms with Crippen LogP contribution in [0, 0.1) is 11.3 Å². The average Bonchev–Trinajstić information content (AvgIpc) is 3.36. The smallest absolute Gasteiger partial charge is 0.410 e. The summed E-state index contributed by atoms with van der Waals surface area (Å²) in [5.74, 6) is -0.339. The van der Waals surface area contributed by atoms with Crippen molar-refractivity contribution in [2.24, 2.45) is 10.9 Å². The summed E-state index contributed by atoms with van der Waals surface area (Å²) in [7, 11) is -2.02. The highest BCUT2D eigenvalue weighted by molar-refractivity contribution is 6.74. The Hall–Kier alpha value is -3.88. The van der Waals surface area contributed by atoms with E-state index in [9.17, 15) is 14.9 Å². The topological polar surface area (TPSA) is 136 Å². The molecule has 3 rings (SSSR count). The van der Waals surface area contributed by atoms with Crippen molar-refractivity contribution >= 4 is 26.2 Å². The van der Waals surface area contributed by atoms with Crippen LogP contribution in [0.25, 0.3) is 0 Å². The first-order valence-electron chi connectivity index (χ1n) is 15.4. The van der Waals surface area contributed by atoms with Crippen LogP contribution in [0.2, 0.25) is 18.1 Å². The molecule has 0 heterocycles. The molecule has 0 saturated heterocycles. The first-order valence-corrected chi connectivity index (χ1v) is 18.3. The fourth-order valence-corrected chi connectivity index (χ4v) is 5.83. The van der Waals surface area contributed by atoms with Crippen molar-refractivity contribution in [3.63, 3.8) is 0 Å². The minimum atomic E-state index is -2.02. The van der Waals surface area contributed by atoms with Gasteiger partial charge in [-0.1, -0.05) is 44.1 Å². The van der Waals surface area contributed by atoms with Gasteiger partial charge in [-0.2, -0.15) is 5.26 Å². The molecule has 0 aromatic heterocycles. The Balaban J connectivity index is 1.83. The molecule has 0 bridgehead atoms. The van der Waals surface area contributed by atoms with Crippen molar-refractivity contribution in [3.05, 3.63) is 64.2 Å². The lowest BCUT2D eigenvalue weighted by Gasteiger charge is -2.38. The molecule has 1 aliphatic rings. The van der Waals surface area contributed by atoms with Crippen LogP contribution < -0.4 is 10.5 Å². The van der Waals surface area contributed by atoms with Crippen LogP contribution in [0.4, 0.5) is 4.79 Å². The summed E-state index contributed by atoms with van der Waals surface area (Å²) in [6.45, 7) is 21.0. The first kappa shape index (κ1) is 35.6. The van der Waals surface area contributed by atoms with Gasteiger partial charge in [0.15, 0.2) is 14.2 Å². The summed E-state index contributed by atoms with van der Waals surface area (Å²) in [6, 6.07) is 11.9. The highest BCUT2D eigenvalue weighted by Gasteiger charge is 2.39. The number of carbonyl (C=O) groups excluding carboxylic acids is 2. The van der Waals surface area contributed by atoms with E-state index in [0.29, 0.717) is 37.3 Å². The van der Waals surface area contributed by atoms with Crippen molar-refractivity contribution in [2.45, 2.75) is 104 Å². The van der Waals surface area contributed by atoms with Crippen molar-refractivity contribution in [3.8, 4) is 11.8 Å². The molecular formula is C34H48N4O6Si. The molecule has 2 aromatic carbocycles. The average molecular weight is 637 g/mol. The summed E-state index contributed by atoms with van der Waals surface area (Å²) in [5, 5.41) is 13.5. The quantitative estimate of drug-likeness (QED) is 0.0961. The Morgan fingerprint density at radius 1 is 1.13 bits per heavy atom. The molecule has 0 saturated carbocycles. The van der Waals surface area contributed by atoms with Crippen LogP contribution in [0.3, 0.4) is 0 Å². The summed E-state index contributed by atoms with van der Waals surface area (Å²) < 4.78 is 17.9. The number of nitrogens with two attached hydrogens (primary N) is 1. The Morgan fingerprint density at radius 3 is 2.42 bits per heavy atom. The minimum absolute atomic E-state index is 0.0335. The highest BCUT2D eigenvalue weighted by Crippen LogP contribution is 2.39. The fraction of sp³-hybridized carbons (Fsp3) is 0.529. The Kier molecular flexibility index (Phi) is 11.1. The van der Waals surface area contributed by atoms with Gasteiger partial charge in [-0.05, 0) is 94.9 Å². The maximum absolute atomic E-state index is 13.5. The van der Waals surface area contributed by atoms with Crippen molar-refractivity contribution < 1.29 is 28.3 Å². The van der Waals surface area contributed by atoms with Gasteiger partial charge in [-0.15, -0.1) is 0 Å². The van der Waals surface area contributed by atoms with E-state index in [0.717, 1.165) is 11.1 Å². The van der Waals surface area contributed by atoms with Gasteiger partial charge in [-0.25, -0.2) is 9.59 Å². The first-order chi connectivity index (χ1) is 20.8. The lowest BCUT2D eigenvalue weighted by Crippen LogP contribution is -2.45. The third-order valence-corrected chi connectivity index (χ3v) is 12.6. The van der Waals surface area contributed by atoms with E-state index < -0.39 is 26.0 Å². The van der Waals surface area contributed by atoms with Crippen LogP contribution in [0.1, 0.15) is 100 Å². The van der Waals surface area contributed by atoms with E-state index in [-0.39, 0.29) is 34.1 Å². The van der Waals surface area contributed by atoms with E-state index >= 15 is 0 Å². The second kappa shape index (κ2) is 14.0. The number of benzene rings is 2. The number of hydrogen-bond acceptors (Lipinski definition) is 8. The summed E-state index contributed by atoms with van der Waals surface area (Å²) in [6.07, 6.45) is 0.784. The Labute approximate surface area is 268 Å². The van der Waals surface area contributed by atoms with Crippen LogP contribution in [-0.4, -0.2) is 56.0 Å². The van der Waals surface area contributed by atoms with Gasteiger partial charge in [0.2, 0.25) is 0 Å². The number of fused-ring (bicyclic) bond motifs is 1. The van der Waals surface area contributed by atoms with E-state index in [4.69, 9.17) is 24.5 Å². The van der Waals surface area contributed by atoms with Crippen molar-refractivity contribution in [1.29, 1.82) is 5.26 Å². The molecule has 0 fully saturated rings. The van der Waals surface area contributed by atoms with E-state index in [1.54, 1.807) is 11.0 Å². The predicted molar refractivity (Wildman–Crippen MR) is 177 cm³/mol. The molecule has 0 spiro atoms. The second-order valence-electron chi connectivity index (χ2n) is 14.1. The molecule has 11 heteroatoms. The normalized spacial score (nSPS) is 15.3. The lowest BCUT2D eigenvalue weighted by atomic mass is 10.0. The molecule has 1 aliphatic carbocycles. The standard InChI is InChI=1S/C34H48N4O6Si/c1-22(2)42-29-17-14-23(20-24(29)21-35)31(39)44-37-30(36)27-13-11-12-26-25(27)15-16-28(26)38(32(40)43-33(3,4)5)18-19-41-45(9,10)34(6,7)8/h11-14,17,20,22,28H,15-16,18-19H2,1-10H3,(H2,36,37). The van der Waals surface area contributed by atoms with Gasteiger partial charge in [0.25, 0.3) is 0 Å². The molecule has 2 N–H and O–H groups in total. The van der Waals surface area contributed by atoms with E-state index in [1.807, 2.05) is 58.9 Å². The molecule has 1 atom stereocenters. The third kappa shape index (κ3) is 9.08. The lowest BCUT2D eigenvalue weighted by molar-refractivity contribution is 0.0125. The van der Waals surface area contributed by atoms with E-state index in [1.165, 1.54) is 12.1 Å². The summed E-state index contributed by atoms with van der Waals surface area (Å²) in [5.41, 5.74) is 8.54. The molecule has 2 aromatic rings. The maximum atomic E-state index is 13.5. The number of nitriles is 1. The molecule has 1 unspecified atom stereocenters. The SMILES string of the molecule is CC(C)Oc1ccc(C(=O)ON=C(N)c2cccc3c2CCC3N(CCO[Si](C)(C)C(C)(C)C)C(=O)OC(C)(C)C)cc1C#N. The number of amides is 1. The Morgan fingerprint density at radius 2 is 1.82 bits per heavy atom. The molecule has 244 valence electrons. The largest absolute Gasteiger partial charge is 0.490 e. The number of carbonyl (C=O) groups is 2. The van der Waals surface area contributed by atoms with Gasteiger partial charge in [0.05, 0.1) is 29.9 Å². The number of ether oxygens (including phenoxy) is 2. The molecule has 0 radical (unpaired) electrons. The second-order valence-corrected chi connectivity index (χ2v) is 18.9. The summed E-state index contributed by atoms with van der Waals surface area (Å²) in [4.78, 5) is 33.2. The van der Waals surface area contributed by atoms with Gasteiger partial charge >= 0.3 is 12.1 Å². The number of nitrogens with zero attached hydrogens (tertiary/aromatic N) is 3. The van der Waals surface area contributed by atoms with Gasteiger partial charge in [0, 0.05) is 12.1 Å². The monoisotopic (exact) mass is 636 g/mol. The van der Waals surface area contributed by atoms with Crippen LogP contribution in [0.15, 0.2) is 41.6 Å². The highest BCUT2D eigenvalue weighted by atomic mass is 28.4. The van der Waals surface area contributed by atoms with Crippen LogP contribution in [-0.2, 0) is 20.4 Å².